The Balaban J connectivity index is 2.96. The maximum absolute atomic E-state index is 11.4. The van der Waals surface area contributed by atoms with Crippen LogP contribution in [0.15, 0.2) is 0 Å². The molecule has 1 rings (SSSR count). The molecule has 6 heteroatoms. The Morgan fingerprint density at radius 2 is 1.92 bits per heavy atom. The van der Waals surface area contributed by atoms with Crippen molar-refractivity contribution >= 4 is 6.03 Å². The SMILES string of the molecule is CC1(C)C(O)N(CO)C(=O)N1CO. The number of amides is 2. The molecule has 0 aromatic carbocycles. The summed E-state index contributed by atoms with van der Waals surface area (Å²) in [5, 5.41) is 27.3. The summed E-state index contributed by atoms with van der Waals surface area (Å²) in [6.45, 7) is 2.20. The molecule has 1 aliphatic rings. The van der Waals surface area contributed by atoms with Crippen LogP contribution >= 0.6 is 0 Å². The van der Waals surface area contributed by atoms with Crippen LogP contribution in [0.1, 0.15) is 13.8 Å². The minimum Gasteiger partial charge on any atom is -0.376 e. The maximum Gasteiger partial charge on any atom is 0.326 e. The Morgan fingerprint density at radius 3 is 2.15 bits per heavy atom. The maximum atomic E-state index is 11.4. The molecule has 3 N–H and O–H groups in total. The Labute approximate surface area is 76.0 Å². The van der Waals surface area contributed by atoms with Crippen LogP contribution in [0.4, 0.5) is 4.79 Å². The van der Waals surface area contributed by atoms with E-state index in [0.29, 0.717) is 0 Å². The topological polar surface area (TPSA) is 84.2 Å². The van der Waals surface area contributed by atoms with Crippen LogP contribution in [0.5, 0.6) is 0 Å². The van der Waals surface area contributed by atoms with Gasteiger partial charge in [-0.2, -0.15) is 0 Å². The fourth-order valence-corrected chi connectivity index (χ4v) is 1.41. The van der Waals surface area contributed by atoms with Gasteiger partial charge in [0.1, 0.15) is 13.5 Å². The summed E-state index contributed by atoms with van der Waals surface area (Å²) in [4.78, 5) is 13.3. The summed E-state index contributed by atoms with van der Waals surface area (Å²) in [5.74, 6) is 0. The molecule has 2 amide bonds. The lowest BCUT2D eigenvalue weighted by molar-refractivity contribution is -0.0432. The van der Waals surface area contributed by atoms with Gasteiger partial charge in [0.25, 0.3) is 0 Å². The van der Waals surface area contributed by atoms with Crippen LogP contribution in [-0.4, -0.2) is 56.4 Å². The van der Waals surface area contributed by atoms with Crippen LogP contribution in [0.25, 0.3) is 0 Å². The molecular formula is C7H14N2O4. The molecule has 0 aromatic rings. The van der Waals surface area contributed by atoms with Gasteiger partial charge in [0.05, 0.1) is 5.54 Å². The van der Waals surface area contributed by atoms with Crippen molar-refractivity contribution in [3.8, 4) is 0 Å². The molecule has 0 saturated carbocycles. The molecule has 6 nitrogen and oxygen atoms in total. The number of carbonyl (C=O) groups excluding carboxylic acids is 1. The largest absolute Gasteiger partial charge is 0.376 e. The predicted molar refractivity (Wildman–Crippen MR) is 43.3 cm³/mol. The van der Waals surface area contributed by atoms with Crippen LogP contribution in [-0.2, 0) is 0 Å². The third-order valence-electron chi connectivity index (χ3n) is 2.39. The van der Waals surface area contributed by atoms with Crippen LogP contribution < -0.4 is 0 Å². The van der Waals surface area contributed by atoms with E-state index >= 15 is 0 Å². The van der Waals surface area contributed by atoms with Crippen molar-refractivity contribution in [1.82, 2.24) is 9.80 Å². The third-order valence-corrected chi connectivity index (χ3v) is 2.39. The van der Waals surface area contributed by atoms with Crippen molar-refractivity contribution in [2.45, 2.75) is 25.6 Å². The molecule has 0 aromatic heterocycles. The Bertz CT molecular complexity index is 219. The van der Waals surface area contributed by atoms with Crippen molar-refractivity contribution in [3.63, 3.8) is 0 Å². The number of aliphatic hydroxyl groups is 3. The van der Waals surface area contributed by atoms with E-state index in [1.807, 2.05) is 0 Å². The van der Waals surface area contributed by atoms with Gasteiger partial charge >= 0.3 is 6.03 Å². The average molecular weight is 190 g/mol. The molecular weight excluding hydrogens is 176 g/mol. The van der Waals surface area contributed by atoms with Crippen molar-refractivity contribution in [3.05, 3.63) is 0 Å². The van der Waals surface area contributed by atoms with Gasteiger partial charge < -0.3 is 15.3 Å². The summed E-state index contributed by atoms with van der Waals surface area (Å²) in [7, 11) is 0. The smallest absolute Gasteiger partial charge is 0.326 e. The summed E-state index contributed by atoms with van der Waals surface area (Å²) in [6.07, 6.45) is -1.10. The van der Waals surface area contributed by atoms with Gasteiger partial charge in [0, 0.05) is 0 Å². The van der Waals surface area contributed by atoms with Gasteiger partial charge in [-0.15, -0.1) is 0 Å². The minimum absolute atomic E-state index is 0.473. The summed E-state index contributed by atoms with van der Waals surface area (Å²) in [6, 6.07) is -0.567. The van der Waals surface area contributed by atoms with Gasteiger partial charge in [-0.05, 0) is 13.8 Å². The fourth-order valence-electron chi connectivity index (χ4n) is 1.41. The highest BCUT2D eigenvalue weighted by Gasteiger charge is 2.50. The van der Waals surface area contributed by atoms with E-state index in [1.165, 1.54) is 0 Å². The summed E-state index contributed by atoms with van der Waals surface area (Å²) >= 11 is 0. The van der Waals surface area contributed by atoms with Crippen molar-refractivity contribution in [2.75, 3.05) is 13.5 Å². The number of carbonyl (C=O) groups is 1. The summed E-state index contributed by atoms with van der Waals surface area (Å²) < 4.78 is 0. The highest BCUT2D eigenvalue weighted by molar-refractivity contribution is 5.78. The van der Waals surface area contributed by atoms with Crippen molar-refractivity contribution in [1.29, 1.82) is 0 Å². The second-order valence-electron chi connectivity index (χ2n) is 3.49. The van der Waals surface area contributed by atoms with E-state index in [2.05, 4.69) is 0 Å². The van der Waals surface area contributed by atoms with Gasteiger partial charge in [0.15, 0.2) is 6.23 Å². The first kappa shape index (κ1) is 10.2. The Kier molecular flexibility index (Phi) is 2.47. The second-order valence-corrected chi connectivity index (χ2v) is 3.49. The van der Waals surface area contributed by atoms with E-state index in [4.69, 9.17) is 10.2 Å². The van der Waals surface area contributed by atoms with E-state index in [1.54, 1.807) is 13.8 Å². The Morgan fingerprint density at radius 1 is 1.38 bits per heavy atom. The fraction of sp³-hybridized carbons (Fsp3) is 0.857. The molecule has 0 aliphatic carbocycles. The molecule has 1 fully saturated rings. The van der Waals surface area contributed by atoms with Gasteiger partial charge in [-0.1, -0.05) is 0 Å². The van der Waals surface area contributed by atoms with Gasteiger partial charge in [-0.3, -0.25) is 9.80 Å². The molecule has 13 heavy (non-hydrogen) atoms. The molecule has 76 valence electrons. The predicted octanol–water partition coefficient (Wildman–Crippen LogP) is -1.28. The molecule has 0 radical (unpaired) electrons. The lowest BCUT2D eigenvalue weighted by Crippen LogP contribution is -2.47. The number of rotatable bonds is 2. The van der Waals surface area contributed by atoms with Gasteiger partial charge in [-0.25, -0.2) is 4.79 Å². The van der Waals surface area contributed by atoms with Gasteiger partial charge in [0.2, 0.25) is 0 Å². The van der Waals surface area contributed by atoms with Crippen LogP contribution in [0, 0.1) is 0 Å². The zero-order valence-electron chi connectivity index (χ0n) is 7.64. The third kappa shape index (κ3) is 1.27. The molecule has 1 saturated heterocycles. The molecule has 1 heterocycles. The number of nitrogens with zero attached hydrogens (tertiary/aromatic N) is 2. The number of aliphatic hydroxyl groups excluding tert-OH is 3. The first-order valence-corrected chi connectivity index (χ1v) is 3.94. The average Bonchev–Trinajstić information content (AvgIpc) is 2.20. The highest BCUT2D eigenvalue weighted by atomic mass is 16.3. The van der Waals surface area contributed by atoms with Crippen molar-refractivity contribution in [2.24, 2.45) is 0 Å². The molecule has 0 spiro atoms. The van der Waals surface area contributed by atoms with Crippen molar-refractivity contribution < 1.29 is 20.1 Å². The van der Waals surface area contributed by atoms with E-state index in [-0.39, 0.29) is 0 Å². The van der Waals surface area contributed by atoms with E-state index in [9.17, 15) is 9.90 Å². The lowest BCUT2D eigenvalue weighted by atomic mass is 10.0. The summed E-state index contributed by atoms with van der Waals surface area (Å²) in [5.41, 5.74) is -0.880. The number of hydrogen-bond donors (Lipinski definition) is 3. The van der Waals surface area contributed by atoms with E-state index in [0.717, 1.165) is 9.80 Å². The quantitative estimate of drug-likeness (QED) is 0.506. The van der Waals surface area contributed by atoms with E-state index < -0.39 is 31.3 Å². The first-order chi connectivity index (χ1) is 5.96. The zero-order valence-corrected chi connectivity index (χ0v) is 7.64. The number of hydrogen-bond acceptors (Lipinski definition) is 4. The normalized spacial score (nSPS) is 27.2. The number of urea groups is 1. The zero-order chi connectivity index (χ0) is 10.2. The highest BCUT2D eigenvalue weighted by Crippen LogP contribution is 2.29. The minimum atomic E-state index is -1.10. The van der Waals surface area contributed by atoms with Crippen LogP contribution in [0.2, 0.25) is 0 Å². The second kappa shape index (κ2) is 3.13. The lowest BCUT2D eigenvalue weighted by Gasteiger charge is -2.30. The molecule has 0 bridgehead atoms. The molecule has 1 unspecified atom stereocenters. The first-order valence-electron chi connectivity index (χ1n) is 3.94. The molecule has 1 aliphatic heterocycles. The Hall–Kier alpha value is -0.850. The standard InChI is InChI=1S/C7H14N2O4/c1-7(2)5(12)8(3-10)6(13)9(7)4-11/h5,10-12H,3-4H2,1-2H3. The molecule has 1 atom stereocenters. The monoisotopic (exact) mass is 190 g/mol. The van der Waals surface area contributed by atoms with Crippen LogP contribution in [0.3, 0.4) is 0 Å².